The number of ether oxygens (including phenoxy) is 3. The molecule has 6 heteroatoms. The van der Waals surface area contributed by atoms with E-state index in [0.29, 0.717) is 19.3 Å². The minimum Gasteiger partial charge on any atom is -0.462 e. The molecular weight excluding hydrogens is 733 g/mol. The first kappa shape index (κ1) is 55.9. The molecule has 0 heterocycles. The van der Waals surface area contributed by atoms with Crippen LogP contribution in [0.15, 0.2) is 72.9 Å². The van der Waals surface area contributed by atoms with Gasteiger partial charge < -0.3 is 14.2 Å². The van der Waals surface area contributed by atoms with E-state index < -0.39 is 6.10 Å². The SMILES string of the molecule is CC/C=C\C/C=C\C/C=C\C/C=C\CCCCCCC(=O)OCC(COC(=O)CCCCCCC/C=C\CCC)OC(=O)CCCCCCC/C=C\CCCCCCC. The maximum Gasteiger partial charge on any atom is 0.306 e. The van der Waals surface area contributed by atoms with Gasteiger partial charge in [0.1, 0.15) is 13.2 Å². The summed E-state index contributed by atoms with van der Waals surface area (Å²) < 4.78 is 16.7. The summed E-state index contributed by atoms with van der Waals surface area (Å²) in [6.07, 6.45) is 58.8. The Morgan fingerprint density at radius 2 is 0.695 bits per heavy atom. The lowest BCUT2D eigenvalue weighted by Crippen LogP contribution is -2.30. The van der Waals surface area contributed by atoms with E-state index in [-0.39, 0.29) is 31.1 Å². The van der Waals surface area contributed by atoms with Gasteiger partial charge in [0.2, 0.25) is 0 Å². The Kier molecular flexibility index (Phi) is 45.0. The lowest BCUT2D eigenvalue weighted by atomic mass is 10.1. The molecule has 1 atom stereocenters. The summed E-state index contributed by atoms with van der Waals surface area (Å²) >= 11 is 0. The number of carbonyl (C=O) groups is 3. The summed E-state index contributed by atoms with van der Waals surface area (Å²) in [6, 6.07) is 0. The monoisotopic (exact) mass is 823 g/mol. The average Bonchev–Trinajstić information content (AvgIpc) is 3.23. The molecule has 0 fully saturated rings. The molecule has 1 unspecified atom stereocenters. The van der Waals surface area contributed by atoms with Gasteiger partial charge in [0.25, 0.3) is 0 Å². The van der Waals surface area contributed by atoms with Crippen LogP contribution in [0, 0.1) is 0 Å². The molecule has 59 heavy (non-hydrogen) atoms. The first-order chi connectivity index (χ1) is 29.0. The Balaban J connectivity index is 4.42. The smallest absolute Gasteiger partial charge is 0.306 e. The fourth-order valence-electron chi connectivity index (χ4n) is 6.49. The Hall–Kier alpha value is -3.15. The number of allylic oxidation sites excluding steroid dienone is 12. The third-order valence-electron chi connectivity index (χ3n) is 10.1. The highest BCUT2D eigenvalue weighted by Crippen LogP contribution is 2.13. The van der Waals surface area contributed by atoms with E-state index in [0.717, 1.165) is 128 Å². The highest BCUT2D eigenvalue weighted by molar-refractivity contribution is 5.71. The van der Waals surface area contributed by atoms with Crippen LogP contribution in [0.1, 0.15) is 226 Å². The summed E-state index contributed by atoms with van der Waals surface area (Å²) in [5.41, 5.74) is 0. The van der Waals surface area contributed by atoms with Crippen molar-refractivity contribution in [3.63, 3.8) is 0 Å². The molecule has 0 aliphatic rings. The molecule has 0 aromatic carbocycles. The van der Waals surface area contributed by atoms with Crippen molar-refractivity contribution in [1.82, 2.24) is 0 Å². The number of hydrogen-bond acceptors (Lipinski definition) is 6. The van der Waals surface area contributed by atoms with E-state index in [1.54, 1.807) is 0 Å². The fraction of sp³-hybridized carbons (Fsp3) is 0.717. The second kappa shape index (κ2) is 47.5. The van der Waals surface area contributed by atoms with Crippen LogP contribution >= 0.6 is 0 Å². The van der Waals surface area contributed by atoms with Crippen molar-refractivity contribution in [2.24, 2.45) is 0 Å². The van der Waals surface area contributed by atoms with Crippen LogP contribution in [-0.2, 0) is 28.6 Å². The molecule has 0 aliphatic heterocycles. The zero-order chi connectivity index (χ0) is 43.0. The van der Waals surface area contributed by atoms with Gasteiger partial charge in [0.15, 0.2) is 6.10 Å². The number of hydrogen-bond donors (Lipinski definition) is 0. The number of carbonyl (C=O) groups excluding carboxylic acids is 3. The van der Waals surface area contributed by atoms with Crippen LogP contribution in [0.3, 0.4) is 0 Å². The van der Waals surface area contributed by atoms with Crippen LogP contribution in [0.4, 0.5) is 0 Å². The molecule has 0 rings (SSSR count). The molecule has 0 N–H and O–H groups in total. The lowest BCUT2D eigenvalue weighted by Gasteiger charge is -2.18. The Labute approximate surface area is 363 Å². The van der Waals surface area contributed by atoms with Gasteiger partial charge in [0, 0.05) is 19.3 Å². The van der Waals surface area contributed by atoms with Crippen LogP contribution in [0.2, 0.25) is 0 Å². The highest BCUT2D eigenvalue weighted by atomic mass is 16.6. The minimum atomic E-state index is -0.791. The van der Waals surface area contributed by atoms with Gasteiger partial charge in [-0.25, -0.2) is 0 Å². The molecule has 0 aromatic rings. The molecule has 0 aliphatic carbocycles. The van der Waals surface area contributed by atoms with Crippen molar-refractivity contribution in [1.29, 1.82) is 0 Å². The Morgan fingerprint density at radius 1 is 0.356 bits per heavy atom. The zero-order valence-electron chi connectivity index (χ0n) is 38.5. The van der Waals surface area contributed by atoms with Gasteiger partial charge in [-0.3, -0.25) is 14.4 Å². The predicted molar refractivity (Wildman–Crippen MR) is 251 cm³/mol. The van der Waals surface area contributed by atoms with Gasteiger partial charge in [-0.05, 0) is 103 Å². The van der Waals surface area contributed by atoms with Crippen molar-refractivity contribution < 1.29 is 28.6 Å². The van der Waals surface area contributed by atoms with E-state index in [1.807, 2.05) is 0 Å². The average molecular weight is 823 g/mol. The Bertz CT molecular complexity index is 1130. The van der Waals surface area contributed by atoms with Gasteiger partial charge in [-0.1, -0.05) is 177 Å². The van der Waals surface area contributed by atoms with Gasteiger partial charge >= 0.3 is 17.9 Å². The molecule has 338 valence electrons. The zero-order valence-corrected chi connectivity index (χ0v) is 38.5. The molecular formula is C53H90O6. The number of rotatable bonds is 43. The van der Waals surface area contributed by atoms with E-state index >= 15 is 0 Å². The molecule has 0 amide bonds. The molecule has 0 bridgehead atoms. The highest BCUT2D eigenvalue weighted by Gasteiger charge is 2.19. The third kappa shape index (κ3) is 45.8. The van der Waals surface area contributed by atoms with Crippen LogP contribution in [0.25, 0.3) is 0 Å². The second-order valence-electron chi connectivity index (χ2n) is 16.0. The summed E-state index contributed by atoms with van der Waals surface area (Å²) in [6.45, 7) is 6.41. The molecule has 0 radical (unpaired) electrons. The summed E-state index contributed by atoms with van der Waals surface area (Å²) in [4.78, 5) is 37.8. The van der Waals surface area contributed by atoms with Crippen molar-refractivity contribution >= 4 is 17.9 Å². The molecule has 0 saturated carbocycles. The second-order valence-corrected chi connectivity index (χ2v) is 16.0. The molecule has 0 aromatic heterocycles. The van der Waals surface area contributed by atoms with Crippen LogP contribution < -0.4 is 0 Å². The van der Waals surface area contributed by atoms with E-state index in [2.05, 4.69) is 93.7 Å². The summed E-state index contributed by atoms with van der Waals surface area (Å²) in [5.74, 6) is -0.937. The quantitative estimate of drug-likeness (QED) is 0.0264. The van der Waals surface area contributed by atoms with Crippen LogP contribution in [0.5, 0.6) is 0 Å². The van der Waals surface area contributed by atoms with Gasteiger partial charge in [0.05, 0.1) is 0 Å². The third-order valence-corrected chi connectivity index (χ3v) is 10.1. The van der Waals surface area contributed by atoms with Crippen molar-refractivity contribution in [2.45, 2.75) is 232 Å². The van der Waals surface area contributed by atoms with Gasteiger partial charge in [-0.2, -0.15) is 0 Å². The lowest BCUT2D eigenvalue weighted by molar-refractivity contribution is -0.167. The maximum atomic E-state index is 12.7. The van der Waals surface area contributed by atoms with Crippen molar-refractivity contribution in [2.75, 3.05) is 13.2 Å². The largest absolute Gasteiger partial charge is 0.462 e. The topological polar surface area (TPSA) is 78.9 Å². The van der Waals surface area contributed by atoms with E-state index in [4.69, 9.17) is 14.2 Å². The standard InChI is InChI=1S/C53H90O6/c1-4-7-10-13-16-19-22-24-26-27-28-30-31-34-37-40-43-46-52(55)58-49-50(48-57-51(54)45-42-39-36-33-21-18-15-12-9-6-3)59-53(56)47-44-41-38-35-32-29-25-23-20-17-14-11-8-5-2/h7,10,12,15-16,19,23-26,28,30,50H,4-6,8-9,11,13-14,17-18,20-22,27,29,31-49H2,1-3H3/b10-7-,15-12-,19-16-,25-23-,26-24-,30-28-. The number of unbranched alkanes of at least 4 members (excludes halogenated alkanes) is 20. The first-order valence-electron chi connectivity index (χ1n) is 24.4. The normalized spacial score (nSPS) is 12.7. The Morgan fingerprint density at radius 3 is 1.12 bits per heavy atom. The number of esters is 3. The van der Waals surface area contributed by atoms with E-state index in [1.165, 1.54) is 57.8 Å². The van der Waals surface area contributed by atoms with Crippen molar-refractivity contribution in [3.05, 3.63) is 72.9 Å². The molecule has 0 spiro atoms. The van der Waals surface area contributed by atoms with Crippen LogP contribution in [-0.4, -0.2) is 37.2 Å². The van der Waals surface area contributed by atoms with Crippen molar-refractivity contribution in [3.8, 4) is 0 Å². The maximum absolute atomic E-state index is 12.7. The molecule has 6 nitrogen and oxygen atoms in total. The predicted octanol–water partition coefficient (Wildman–Crippen LogP) is 15.9. The first-order valence-corrected chi connectivity index (χ1v) is 24.4. The van der Waals surface area contributed by atoms with E-state index in [9.17, 15) is 14.4 Å². The fourth-order valence-corrected chi connectivity index (χ4v) is 6.49. The summed E-state index contributed by atoms with van der Waals surface area (Å²) in [5, 5.41) is 0. The molecule has 0 saturated heterocycles. The minimum absolute atomic E-state index is 0.0918. The van der Waals surface area contributed by atoms with Gasteiger partial charge in [-0.15, -0.1) is 0 Å². The summed E-state index contributed by atoms with van der Waals surface area (Å²) in [7, 11) is 0.